The van der Waals surface area contributed by atoms with Crippen LogP contribution in [0.3, 0.4) is 0 Å². The summed E-state index contributed by atoms with van der Waals surface area (Å²) in [5.41, 5.74) is 2.39. The number of fused-ring (bicyclic) bond motifs is 1. The van der Waals surface area contributed by atoms with E-state index in [1.807, 2.05) is 25.3 Å². The molecule has 0 bridgehead atoms. The van der Waals surface area contributed by atoms with Crippen LogP contribution < -0.4 is 15.4 Å². The normalized spacial score (nSPS) is 12.0. The van der Waals surface area contributed by atoms with Gasteiger partial charge in [-0.25, -0.2) is 13.1 Å². The number of guanidine groups is 1. The Bertz CT molecular complexity index is 1020. The van der Waals surface area contributed by atoms with Crippen molar-refractivity contribution < 1.29 is 8.42 Å². The molecule has 0 atom stereocenters. The molecular formula is C19H26IN5O2S2. The highest BCUT2D eigenvalue weighted by atomic mass is 127. The second-order valence-electron chi connectivity index (χ2n) is 6.13. The molecule has 4 N–H and O–H groups in total. The van der Waals surface area contributed by atoms with Crippen molar-refractivity contribution in [2.45, 2.75) is 17.6 Å². The van der Waals surface area contributed by atoms with Crippen molar-refractivity contribution in [3.8, 4) is 0 Å². The lowest BCUT2D eigenvalue weighted by Gasteiger charge is -2.11. The number of para-hydroxylation sites is 1. The molecular weight excluding hydrogens is 521 g/mol. The van der Waals surface area contributed by atoms with Crippen LogP contribution in [0.1, 0.15) is 12.5 Å². The van der Waals surface area contributed by atoms with E-state index in [2.05, 4.69) is 37.5 Å². The number of rotatable bonds is 9. The van der Waals surface area contributed by atoms with Gasteiger partial charge in [-0.2, -0.15) is 0 Å². The standard InChI is InChI=1S/C19H25N5O2S2.HI/c1-2-20-19(22-11-12-24-28(25,26)18-8-5-13-27-18)21-10-9-15-14-23-17-7-4-3-6-16(15)17;/h3-8,13-14,23-24H,2,9-12H2,1H3,(H2,20,21,22);1H. The third kappa shape index (κ3) is 6.69. The molecule has 29 heavy (non-hydrogen) atoms. The summed E-state index contributed by atoms with van der Waals surface area (Å²) in [6.07, 6.45) is 2.90. The van der Waals surface area contributed by atoms with Gasteiger partial charge in [0.25, 0.3) is 0 Å². The summed E-state index contributed by atoms with van der Waals surface area (Å²) in [7, 11) is -3.44. The second-order valence-corrected chi connectivity index (χ2v) is 9.07. The first-order valence-corrected chi connectivity index (χ1v) is 11.6. The maximum Gasteiger partial charge on any atom is 0.250 e. The molecule has 0 aliphatic carbocycles. The van der Waals surface area contributed by atoms with Crippen LogP contribution in [0, 0.1) is 0 Å². The number of aliphatic imine (C=N–C) groups is 1. The van der Waals surface area contributed by atoms with E-state index >= 15 is 0 Å². The number of aromatic nitrogens is 1. The van der Waals surface area contributed by atoms with E-state index in [-0.39, 0.29) is 30.5 Å². The van der Waals surface area contributed by atoms with Crippen LogP contribution in [0.4, 0.5) is 0 Å². The molecule has 0 aliphatic heterocycles. The maximum atomic E-state index is 12.1. The lowest BCUT2D eigenvalue weighted by molar-refractivity contribution is 0.584. The van der Waals surface area contributed by atoms with Crippen LogP contribution >= 0.6 is 35.3 Å². The van der Waals surface area contributed by atoms with E-state index in [0.29, 0.717) is 16.7 Å². The van der Waals surface area contributed by atoms with E-state index in [1.165, 1.54) is 22.3 Å². The minimum atomic E-state index is -3.44. The van der Waals surface area contributed by atoms with Crippen LogP contribution in [0.25, 0.3) is 10.9 Å². The minimum Gasteiger partial charge on any atom is -0.361 e. The average Bonchev–Trinajstić information content (AvgIpc) is 3.36. The summed E-state index contributed by atoms with van der Waals surface area (Å²) >= 11 is 1.20. The number of nitrogens with zero attached hydrogens (tertiary/aromatic N) is 1. The zero-order valence-electron chi connectivity index (χ0n) is 16.1. The zero-order chi connectivity index (χ0) is 19.8. The van der Waals surface area contributed by atoms with Gasteiger partial charge in [0.2, 0.25) is 10.0 Å². The fourth-order valence-corrected chi connectivity index (χ4v) is 4.89. The number of thiophene rings is 1. The summed E-state index contributed by atoms with van der Waals surface area (Å²) in [6.45, 7) is 4.07. The highest BCUT2D eigenvalue weighted by molar-refractivity contribution is 14.0. The van der Waals surface area contributed by atoms with Gasteiger partial charge in [0.15, 0.2) is 5.96 Å². The third-order valence-corrected chi connectivity index (χ3v) is 7.00. The number of H-pyrrole nitrogens is 1. The topological polar surface area (TPSA) is 98.4 Å². The molecule has 0 radical (unpaired) electrons. The second kappa shape index (κ2) is 11.5. The largest absolute Gasteiger partial charge is 0.361 e. The fraction of sp³-hybridized carbons (Fsp3) is 0.316. The fourth-order valence-electron chi connectivity index (χ4n) is 2.83. The van der Waals surface area contributed by atoms with Gasteiger partial charge < -0.3 is 15.6 Å². The van der Waals surface area contributed by atoms with E-state index < -0.39 is 10.0 Å². The molecule has 0 spiro atoms. The van der Waals surface area contributed by atoms with E-state index in [0.717, 1.165) is 25.0 Å². The van der Waals surface area contributed by atoms with Crippen LogP contribution in [0.2, 0.25) is 0 Å². The molecule has 2 heterocycles. The number of hydrogen-bond donors (Lipinski definition) is 4. The van der Waals surface area contributed by atoms with Crippen molar-refractivity contribution >= 4 is 62.2 Å². The summed E-state index contributed by atoms with van der Waals surface area (Å²) < 4.78 is 27.1. The first-order valence-electron chi connectivity index (χ1n) is 9.20. The Kier molecular flexibility index (Phi) is 9.40. The lowest BCUT2D eigenvalue weighted by Crippen LogP contribution is -2.39. The van der Waals surface area contributed by atoms with Crippen molar-refractivity contribution in [1.29, 1.82) is 0 Å². The Morgan fingerprint density at radius 1 is 1.14 bits per heavy atom. The predicted molar refractivity (Wildman–Crippen MR) is 131 cm³/mol. The summed E-state index contributed by atoms with van der Waals surface area (Å²) in [5.74, 6) is 0.678. The van der Waals surface area contributed by atoms with Gasteiger partial charge in [0.1, 0.15) is 4.21 Å². The molecule has 7 nitrogen and oxygen atoms in total. The molecule has 3 aromatic rings. The van der Waals surface area contributed by atoms with Crippen molar-refractivity contribution in [1.82, 2.24) is 20.3 Å². The third-order valence-electron chi connectivity index (χ3n) is 4.14. The number of halogens is 1. The molecule has 3 rings (SSSR count). The van der Waals surface area contributed by atoms with Crippen LogP contribution in [0.15, 0.2) is 57.2 Å². The summed E-state index contributed by atoms with van der Waals surface area (Å²) in [4.78, 5) is 7.72. The van der Waals surface area contributed by atoms with Crippen molar-refractivity contribution in [3.63, 3.8) is 0 Å². The first kappa shape index (κ1) is 23.6. The Hall–Kier alpha value is -1.63. The van der Waals surface area contributed by atoms with Crippen LogP contribution in [-0.4, -0.2) is 45.5 Å². The molecule has 0 fully saturated rings. The quantitative estimate of drug-likeness (QED) is 0.143. The minimum absolute atomic E-state index is 0. The van der Waals surface area contributed by atoms with Gasteiger partial charge in [-0.1, -0.05) is 24.3 Å². The number of nitrogens with one attached hydrogen (secondary N) is 4. The summed E-state index contributed by atoms with van der Waals surface area (Å²) in [5, 5.41) is 9.45. The predicted octanol–water partition coefficient (Wildman–Crippen LogP) is 2.92. The Balaban J connectivity index is 0.00000300. The Morgan fingerprint density at radius 2 is 1.97 bits per heavy atom. The SMILES string of the molecule is CCNC(=NCCNS(=O)(=O)c1cccs1)NCCc1c[nH]c2ccccc12.I. The van der Waals surface area contributed by atoms with E-state index in [4.69, 9.17) is 0 Å². The average molecular weight is 547 g/mol. The van der Waals surface area contributed by atoms with Gasteiger partial charge >= 0.3 is 0 Å². The number of hydrogen-bond acceptors (Lipinski definition) is 4. The summed E-state index contributed by atoms with van der Waals surface area (Å²) in [6, 6.07) is 11.5. The smallest absolute Gasteiger partial charge is 0.250 e. The van der Waals surface area contributed by atoms with Crippen molar-refractivity contribution in [3.05, 3.63) is 53.5 Å². The van der Waals surface area contributed by atoms with Crippen molar-refractivity contribution in [2.75, 3.05) is 26.2 Å². The number of sulfonamides is 1. The molecule has 0 unspecified atom stereocenters. The first-order chi connectivity index (χ1) is 13.6. The number of benzene rings is 1. The molecule has 0 saturated carbocycles. The van der Waals surface area contributed by atoms with E-state index in [9.17, 15) is 8.42 Å². The Morgan fingerprint density at radius 3 is 2.72 bits per heavy atom. The van der Waals surface area contributed by atoms with E-state index in [1.54, 1.807) is 17.5 Å². The molecule has 0 aliphatic rings. The van der Waals surface area contributed by atoms with Gasteiger partial charge in [-0.15, -0.1) is 35.3 Å². The molecule has 0 saturated heterocycles. The maximum absolute atomic E-state index is 12.1. The monoisotopic (exact) mass is 547 g/mol. The van der Waals surface area contributed by atoms with Gasteiger partial charge in [-0.3, -0.25) is 4.99 Å². The Labute approximate surface area is 192 Å². The van der Waals surface area contributed by atoms with Crippen LogP contribution in [0.5, 0.6) is 0 Å². The highest BCUT2D eigenvalue weighted by Crippen LogP contribution is 2.17. The van der Waals surface area contributed by atoms with Gasteiger partial charge in [0, 0.05) is 36.7 Å². The molecule has 10 heteroatoms. The number of aromatic amines is 1. The molecule has 2 aromatic heterocycles. The highest BCUT2D eigenvalue weighted by Gasteiger charge is 2.13. The molecule has 1 aromatic carbocycles. The van der Waals surface area contributed by atoms with Gasteiger partial charge in [0.05, 0.1) is 6.54 Å². The lowest BCUT2D eigenvalue weighted by atomic mass is 10.1. The van der Waals surface area contributed by atoms with Crippen LogP contribution in [-0.2, 0) is 16.4 Å². The molecule has 0 amide bonds. The van der Waals surface area contributed by atoms with Gasteiger partial charge in [-0.05, 0) is 36.4 Å². The molecule has 158 valence electrons. The van der Waals surface area contributed by atoms with Crippen molar-refractivity contribution in [2.24, 2.45) is 4.99 Å². The zero-order valence-corrected chi connectivity index (χ0v) is 20.1.